The van der Waals surface area contributed by atoms with E-state index in [0.29, 0.717) is 19.3 Å². The van der Waals surface area contributed by atoms with Gasteiger partial charge in [0.1, 0.15) is 13.2 Å². The molecule has 0 radical (unpaired) electrons. The fraction of sp³-hybridized carbons (Fsp3) is 0.682. The lowest BCUT2D eigenvalue weighted by molar-refractivity contribution is -0.167. The van der Waals surface area contributed by atoms with Crippen molar-refractivity contribution in [2.24, 2.45) is 0 Å². The van der Waals surface area contributed by atoms with Gasteiger partial charge in [0, 0.05) is 19.3 Å². The van der Waals surface area contributed by atoms with Crippen LogP contribution < -0.4 is 0 Å². The van der Waals surface area contributed by atoms with Crippen LogP contribution in [-0.2, 0) is 28.6 Å². The van der Waals surface area contributed by atoms with Crippen molar-refractivity contribution in [3.63, 3.8) is 0 Å². The van der Waals surface area contributed by atoms with Gasteiger partial charge in [-0.2, -0.15) is 0 Å². The van der Waals surface area contributed by atoms with E-state index in [1.54, 1.807) is 0 Å². The highest BCUT2D eigenvalue weighted by Crippen LogP contribution is 2.16. The Kier molecular flexibility index (Phi) is 56.4. The van der Waals surface area contributed by atoms with Gasteiger partial charge in [-0.1, -0.05) is 259 Å². The molecule has 0 N–H and O–H groups in total. The lowest BCUT2D eigenvalue weighted by Crippen LogP contribution is -2.30. The topological polar surface area (TPSA) is 78.9 Å². The van der Waals surface area contributed by atoms with Crippen LogP contribution in [0.25, 0.3) is 0 Å². The first-order valence-electron chi connectivity index (χ1n) is 29.9. The van der Waals surface area contributed by atoms with Crippen molar-refractivity contribution in [1.82, 2.24) is 0 Å². The molecule has 0 saturated heterocycles. The van der Waals surface area contributed by atoms with E-state index in [9.17, 15) is 14.4 Å². The maximum atomic E-state index is 12.8. The van der Waals surface area contributed by atoms with E-state index in [0.717, 1.165) is 128 Å². The predicted octanol–water partition coefficient (Wildman–Crippen LogP) is 20.3. The molecule has 0 aromatic carbocycles. The van der Waals surface area contributed by atoms with Crippen molar-refractivity contribution in [1.29, 1.82) is 0 Å². The van der Waals surface area contributed by atoms with Gasteiger partial charge in [0.2, 0.25) is 0 Å². The van der Waals surface area contributed by atoms with E-state index in [2.05, 4.69) is 130 Å². The first kappa shape index (κ1) is 68.1. The molecule has 0 aliphatic heterocycles. The van der Waals surface area contributed by atoms with E-state index in [1.807, 2.05) is 0 Å². The number of rotatable bonds is 53. The molecule has 0 fully saturated rings. The molecule has 1 unspecified atom stereocenters. The van der Waals surface area contributed by atoms with Crippen molar-refractivity contribution in [2.45, 2.75) is 277 Å². The van der Waals surface area contributed by atoms with E-state index in [4.69, 9.17) is 14.2 Å². The monoisotopic (exact) mass is 999 g/mol. The summed E-state index contributed by atoms with van der Waals surface area (Å²) in [7, 11) is 0. The van der Waals surface area contributed by atoms with Crippen LogP contribution in [0.1, 0.15) is 271 Å². The minimum atomic E-state index is -0.799. The van der Waals surface area contributed by atoms with Crippen LogP contribution in [0.2, 0.25) is 0 Å². The number of ether oxygens (including phenoxy) is 3. The largest absolute Gasteiger partial charge is 0.462 e. The van der Waals surface area contributed by atoms with Crippen LogP contribution in [0.5, 0.6) is 0 Å². The number of carbonyl (C=O) groups is 3. The van der Waals surface area contributed by atoms with Crippen molar-refractivity contribution in [3.05, 3.63) is 109 Å². The summed E-state index contributed by atoms with van der Waals surface area (Å²) < 4.78 is 16.8. The van der Waals surface area contributed by atoms with Crippen molar-refractivity contribution in [2.75, 3.05) is 13.2 Å². The fourth-order valence-corrected chi connectivity index (χ4v) is 8.05. The summed E-state index contributed by atoms with van der Waals surface area (Å²) in [6.45, 7) is 6.43. The predicted molar refractivity (Wildman–Crippen MR) is 311 cm³/mol. The standard InChI is InChI=1S/C66H110O6/c1-4-7-10-13-16-19-22-24-26-28-29-30-31-32-33-34-35-36-37-39-40-42-44-47-50-53-56-59-65(68)71-62-63(61-70-64(67)58-55-52-49-46-21-18-15-12-9-6-3)72-66(69)60-57-54-51-48-45-43-41-38-27-25-23-20-17-14-11-8-5-2/h7,10,12,15-16,19,24,26,29-30,32-33,35-36,39-40,44,47,63H,4-6,8-9,11,13-14,17-18,20-23,25,27-28,31,34,37-38,41-43,45-46,48-62H2,1-3H3/b10-7-,15-12-,19-16-,26-24-,30-29-,33-32-,36-35-,40-39-,47-44-. The quantitative estimate of drug-likeness (QED) is 0.0261. The Morgan fingerprint density at radius 3 is 0.944 bits per heavy atom. The molecule has 0 rings (SSSR count). The summed E-state index contributed by atoms with van der Waals surface area (Å²) >= 11 is 0. The molecule has 72 heavy (non-hydrogen) atoms. The zero-order chi connectivity index (χ0) is 52.2. The first-order valence-corrected chi connectivity index (χ1v) is 29.9. The molecule has 410 valence electrons. The van der Waals surface area contributed by atoms with Gasteiger partial charge in [-0.15, -0.1) is 0 Å². The lowest BCUT2D eigenvalue weighted by Gasteiger charge is -2.18. The Morgan fingerprint density at radius 2 is 0.569 bits per heavy atom. The van der Waals surface area contributed by atoms with Gasteiger partial charge in [-0.05, 0) is 103 Å². The van der Waals surface area contributed by atoms with Gasteiger partial charge in [0.05, 0.1) is 0 Å². The third-order valence-electron chi connectivity index (χ3n) is 12.5. The lowest BCUT2D eigenvalue weighted by atomic mass is 10.0. The third-order valence-corrected chi connectivity index (χ3v) is 12.5. The minimum absolute atomic E-state index is 0.0956. The normalized spacial score (nSPS) is 12.9. The maximum Gasteiger partial charge on any atom is 0.306 e. The maximum absolute atomic E-state index is 12.8. The second-order valence-electron chi connectivity index (χ2n) is 19.5. The minimum Gasteiger partial charge on any atom is -0.462 e. The Hall–Kier alpha value is -3.93. The highest BCUT2D eigenvalue weighted by molar-refractivity contribution is 5.71. The average molecular weight is 1000 g/mol. The van der Waals surface area contributed by atoms with E-state index in [-0.39, 0.29) is 31.1 Å². The van der Waals surface area contributed by atoms with Gasteiger partial charge >= 0.3 is 17.9 Å². The summed E-state index contributed by atoms with van der Waals surface area (Å²) in [6, 6.07) is 0. The Bertz CT molecular complexity index is 1470. The molecule has 0 bridgehead atoms. The molecule has 0 aliphatic rings. The van der Waals surface area contributed by atoms with Gasteiger partial charge in [0.25, 0.3) is 0 Å². The fourth-order valence-electron chi connectivity index (χ4n) is 8.05. The molecule has 0 amide bonds. The highest BCUT2D eigenvalue weighted by atomic mass is 16.6. The zero-order valence-electron chi connectivity index (χ0n) is 46.9. The SMILES string of the molecule is CC/C=C\C/C=C\C/C=C\C/C=C\C/C=C\C/C=C\C/C=C\C/C=C\CCCCC(=O)OCC(COC(=O)CCCCCCC/C=C\CCC)OC(=O)CCCCCCCCCCCCCCCCCCC. The van der Waals surface area contributed by atoms with Gasteiger partial charge < -0.3 is 14.2 Å². The second-order valence-corrected chi connectivity index (χ2v) is 19.5. The van der Waals surface area contributed by atoms with Gasteiger partial charge in [-0.25, -0.2) is 0 Å². The van der Waals surface area contributed by atoms with Crippen LogP contribution in [0.15, 0.2) is 109 Å². The molecule has 0 spiro atoms. The summed E-state index contributed by atoms with van der Waals surface area (Å²) in [5, 5.41) is 0. The summed E-state index contributed by atoms with van der Waals surface area (Å²) in [5.41, 5.74) is 0. The number of allylic oxidation sites excluding steroid dienone is 18. The Labute approximate surface area is 444 Å². The smallest absolute Gasteiger partial charge is 0.306 e. The van der Waals surface area contributed by atoms with E-state index < -0.39 is 6.10 Å². The highest BCUT2D eigenvalue weighted by Gasteiger charge is 2.19. The molecule has 0 aromatic rings. The molecular formula is C66H110O6. The van der Waals surface area contributed by atoms with Crippen LogP contribution >= 0.6 is 0 Å². The Balaban J connectivity index is 4.37. The second kappa shape index (κ2) is 59.6. The van der Waals surface area contributed by atoms with E-state index >= 15 is 0 Å². The van der Waals surface area contributed by atoms with Crippen molar-refractivity contribution < 1.29 is 28.6 Å². The van der Waals surface area contributed by atoms with Crippen LogP contribution in [0, 0.1) is 0 Å². The van der Waals surface area contributed by atoms with Crippen LogP contribution in [-0.4, -0.2) is 37.2 Å². The number of hydrogen-bond donors (Lipinski definition) is 0. The number of carbonyl (C=O) groups excluding carboxylic acids is 3. The van der Waals surface area contributed by atoms with Gasteiger partial charge in [0.15, 0.2) is 6.10 Å². The molecule has 0 aliphatic carbocycles. The number of hydrogen-bond acceptors (Lipinski definition) is 6. The zero-order valence-corrected chi connectivity index (χ0v) is 46.9. The summed E-state index contributed by atoms with van der Waals surface area (Å²) in [6.07, 6.45) is 80.9. The Morgan fingerprint density at radius 1 is 0.292 bits per heavy atom. The van der Waals surface area contributed by atoms with E-state index in [1.165, 1.54) is 103 Å². The molecule has 6 nitrogen and oxygen atoms in total. The average Bonchev–Trinajstić information content (AvgIpc) is 3.38. The number of esters is 3. The molecule has 0 saturated carbocycles. The number of unbranched alkanes of at least 4 members (excludes halogenated alkanes) is 24. The summed E-state index contributed by atoms with van der Waals surface area (Å²) in [4.78, 5) is 38.1. The summed E-state index contributed by atoms with van der Waals surface area (Å²) in [5.74, 6) is -0.947. The van der Waals surface area contributed by atoms with Crippen molar-refractivity contribution >= 4 is 17.9 Å². The van der Waals surface area contributed by atoms with Gasteiger partial charge in [-0.3, -0.25) is 14.4 Å². The van der Waals surface area contributed by atoms with Crippen molar-refractivity contribution in [3.8, 4) is 0 Å². The third kappa shape index (κ3) is 57.0. The van der Waals surface area contributed by atoms with Crippen LogP contribution in [0.4, 0.5) is 0 Å². The first-order chi connectivity index (χ1) is 35.5. The van der Waals surface area contributed by atoms with Crippen LogP contribution in [0.3, 0.4) is 0 Å². The molecule has 1 atom stereocenters. The molecular weight excluding hydrogens is 889 g/mol. The molecule has 0 aromatic heterocycles. The molecule has 6 heteroatoms. The molecule has 0 heterocycles.